The molecule has 0 fully saturated rings. The van der Waals surface area contributed by atoms with Gasteiger partial charge in [0.25, 0.3) is 5.24 Å². The van der Waals surface area contributed by atoms with E-state index < -0.39 is 5.24 Å². The van der Waals surface area contributed by atoms with Crippen molar-refractivity contribution in [2.24, 2.45) is 0 Å². The molecule has 0 aliphatic rings. The van der Waals surface area contributed by atoms with E-state index in [4.69, 9.17) is 11.6 Å². The highest BCUT2D eigenvalue weighted by atomic mass is 35.5. The van der Waals surface area contributed by atoms with Gasteiger partial charge in [-0.15, -0.1) is 0 Å². The Morgan fingerprint density at radius 1 is 1.31 bits per heavy atom. The van der Waals surface area contributed by atoms with Crippen LogP contribution in [0, 0.1) is 0 Å². The third kappa shape index (κ3) is 4.75. The van der Waals surface area contributed by atoms with Crippen LogP contribution < -0.4 is 10.6 Å². The molecule has 1 rings (SSSR count). The van der Waals surface area contributed by atoms with Crippen LogP contribution in [0.15, 0.2) is 24.3 Å². The van der Waals surface area contributed by atoms with Crippen LogP contribution in [0.25, 0.3) is 0 Å². The molecule has 0 heterocycles. The van der Waals surface area contributed by atoms with Gasteiger partial charge >= 0.3 is 0 Å². The van der Waals surface area contributed by atoms with Crippen molar-refractivity contribution >= 4 is 16.8 Å². The van der Waals surface area contributed by atoms with Crippen LogP contribution in [0.4, 0.5) is 0 Å². The van der Waals surface area contributed by atoms with Crippen LogP contribution in [0.5, 0.6) is 0 Å². The van der Waals surface area contributed by atoms with E-state index in [1.165, 1.54) is 0 Å². The maximum Gasteiger partial charge on any atom is 0.252 e. The highest BCUT2D eigenvalue weighted by molar-refractivity contribution is 6.67. The van der Waals surface area contributed by atoms with Gasteiger partial charge in [0.15, 0.2) is 0 Å². The molecule has 0 aliphatic carbocycles. The fourth-order valence-corrected chi connectivity index (χ4v) is 1.51. The third-order valence-electron chi connectivity index (χ3n) is 2.21. The molecule has 88 valence electrons. The molecule has 0 saturated carbocycles. The van der Waals surface area contributed by atoms with Gasteiger partial charge in [-0.05, 0) is 29.8 Å². The summed E-state index contributed by atoms with van der Waals surface area (Å²) in [6, 6.07) is 7.35. The number of carbonyl (C=O) groups is 1. The van der Waals surface area contributed by atoms with Crippen molar-refractivity contribution in [2.45, 2.75) is 13.5 Å². The van der Waals surface area contributed by atoms with E-state index in [1.54, 1.807) is 6.07 Å². The maximum absolute atomic E-state index is 10.9. The van der Waals surface area contributed by atoms with E-state index in [2.05, 4.69) is 17.6 Å². The zero-order chi connectivity index (χ0) is 11.8. The van der Waals surface area contributed by atoms with Crippen molar-refractivity contribution in [2.75, 3.05) is 19.6 Å². The second kappa shape index (κ2) is 7.39. The molecule has 16 heavy (non-hydrogen) atoms. The van der Waals surface area contributed by atoms with Gasteiger partial charge in [0.2, 0.25) is 0 Å². The molecule has 1 aromatic carbocycles. The average Bonchev–Trinajstić information content (AvgIpc) is 2.29. The third-order valence-corrected chi connectivity index (χ3v) is 2.43. The van der Waals surface area contributed by atoms with E-state index in [1.807, 2.05) is 18.2 Å². The Morgan fingerprint density at radius 2 is 2.06 bits per heavy atom. The van der Waals surface area contributed by atoms with E-state index in [-0.39, 0.29) is 0 Å². The summed E-state index contributed by atoms with van der Waals surface area (Å²) in [5, 5.41) is 6.10. The first kappa shape index (κ1) is 13.2. The molecule has 0 amide bonds. The summed E-state index contributed by atoms with van der Waals surface area (Å²) in [5.41, 5.74) is 1.62. The number of nitrogens with one attached hydrogen (secondary N) is 2. The van der Waals surface area contributed by atoms with E-state index in [0.29, 0.717) is 5.56 Å². The maximum atomic E-state index is 10.9. The molecular weight excluding hydrogens is 224 g/mol. The van der Waals surface area contributed by atoms with Gasteiger partial charge in [0.1, 0.15) is 0 Å². The molecule has 0 radical (unpaired) electrons. The second-order valence-corrected chi connectivity index (χ2v) is 3.85. The highest BCUT2D eigenvalue weighted by Crippen LogP contribution is 2.07. The molecule has 0 aromatic heterocycles. The zero-order valence-corrected chi connectivity index (χ0v) is 10.2. The molecule has 0 spiro atoms. The fourth-order valence-electron chi connectivity index (χ4n) is 1.39. The molecule has 0 saturated heterocycles. The Hall–Kier alpha value is -0.900. The Balaban J connectivity index is 2.36. The van der Waals surface area contributed by atoms with Crippen molar-refractivity contribution in [3.63, 3.8) is 0 Å². The van der Waals surface area contributed by atoms with Crippen molar-refractivity contribution in [3.05, 3.63) is 35.4 Å². The SMILES string of the molecule is CCNCCNCc1cccc(C(=O)Cl)c1. The van der Waals surface area contributed by atoms with Gasteiger partial charge in [-0.25, -0.2) is 0 Å². The number of rotatable bonds is 7. The topological polar surface area (TPSA) is 41.1 Å². The van der Waals surface area contributed by atoms with E-state index >= 15 is 0 Å². The number of hydrogen-bond donors (Lipinski definition) is 2. The summed E-state index contributed by atoms with van der Waals surface area (Å²) in [4.78, 5) is 10.9. The minimum atomic E-state index is -0.408. The Labute approximate surface area is 101 Å². The van der Waals surface area contributed by atoms with Crippen LogP contribution in [0.2, 0.25) is 0 Å². The first-order valence-electron chi connectivity index (χ1n) is 5.44. The van der Waals surface area contributed by atoms with Crippen LogP contribution in [0.1, 0.15) is 22.8 Å². The normalized spacial score (nSPS) is 10.4. The second-order valence-electron chi connectivity index (χ2n) is 3.50. The summed E-state index contributed by atoms with van der Waals surface area (Å²) < 4.78 is 0. The van der Waals surface area contributed by atoms with E-state index in [9.17, 15) is 4.79 Å². The number of hydrogen-bond acceptors (Lipinski definition) is 3. The number of likely N-dealkylation sites (N-methyl/N-ethyl adjacent to an activating group) is 1. The lowest BCUT2D eigenvalue weighted by molar-refractivity contribution is 0.108. The lowest BCUT2D eigenvalue weighted by Crippen LogP contribution is -2.26. The molecule has 2 N–H and O–H groups in total. The molecule has 0 bridgehead atoms. The summed E-state index contributed by atoms with van der Waals surface area (Å²) in [7, 11) is 0. The van der Waals surface area contributed by atoms with Gasteiger partial charge in [0.05, 0.1) is 0 Å². The number of benzene rings is 1. The molecular formula is C12H17ClN2O. The predicted octanol–water partition coefficient (Wildman–Crippen LogP) is 1.76. The van der Waals surface area contributed by atoms with Crippen LogP contribution >= 0.6 is 11.6 Å². The predicted molar refractivity (Wildman–Crippen MR) is 66.9 cm³/mol. The monoisotopic (exact) mass is 240 g/mol. The Kier molecular flexibility index (Phi) is 6.08. The van der Waals surface area contributed by atoms with E-state index in [0.717, 1.165) is 31.7 Å². The van der Waals surface area contributed by atoms with Crippen LogP contribution in [0.3, 0.4) is 0 Å². The minimum absolute atomic E-state index is 0.408. The Bertz CT molecular complexity index is 342. The quantitative estimate of drug-likeness (QED) is 0.564. The zero-order valence-electron chi connectivity index (χ0n) is 9.42. The van der Waals surface area contributed by atoms with Crippen molar-refractivity contribution in [3.8, 4) is 0 Å². The number of carbonyl (C=O) groups excluding carboxylic acids is 1. The Morgan fingerprint density at radius 3 is 2.75 bits per heavy atom. The number of halogens is 1. The van der Waals surface area contributed by atoms with Crippen molar-refractivity contribution in [1.29, 1.82) is 0 Å². The molecule has 0 aliphatic heterocycles. The van der Waals surface area contributed by atoms with Gasteiger partial charge in [-0.1, -0.05) is 25.1 Å². The van der Waals surface area contributed by atoms with Gasteiger partial charge in [-0.2, -0.15) is 0 Å². The van der Waals surface area contributed by atoms with Crippen molar-refractivity contribution in [1.82, 2.24) is 10.6 Å². The smallest absolute Gasteiger partial charge is 0.252 e. The first-order chi connectivity index (χ1) is 7.74. The van der Waals surface area contributed by atoms with Crippen LogP contribution in [-0.2, 0) is 6.54 Å². The first-order valence-corrected chi connectivity index (χ1v) is 5.82. The minimum Gasteiger partial charge on any atom is -0.316 e. The molecule has 3 nitrogen and oxygen atoms in total. The summed E-state index contributed by atoms with van der Waals surface area (Å²) in [6.45, 7) is 5.67. The summed E-state index contributed by atoms with van der Waals surface area (Å²) >= 11 is 5.41. The lowest BCUT2D eigenvalue weighted by Gasteiger charge is -2.06. The van der Waals surface area contributed by atoms with Gasteiger partial charge in [0, 0.05) is 25.2 Å². The largest absolute Gasteiger partial charge is 0.316 e. The molecule has 0 unspecified atom stereocenters. The average molecular weight is 241 g/mol. The lowest BCUT2D eigenvalue weighted by atomic mass is 10.1. The van der Waals surface area contributed by atoms with Crippen molar-refractivity contribution < 1.29 is 4.79 Å². The summed E-state index contributed by atoms with van der Waals surface area (Å²) in [5.74, 6) is 0. The highest BCUT2D eigenvalue weighted by Gasteiger charge is 2.01. The van der Waals surface area contributed by atoms with Crippen LogP contribution in [-0.4, -0.2) is 24.9 Å². The standard InChI is InChI=1S/C12H17ClN2O/c1-2-14-6-7-15-9-10-4-3-5-11(8-10)12(13)16/h3-5,8,14-15H,2,6-7,9H2,1H3. The van der Waals surface area contributed by atoms with Gasteiger partial charge < -0.3 is 10.6 Å². The molecule has 4 heteroatoms. The van der Waals surface area contributed by atoms with Gasteiger partial charge in [-0.3, -0.25) is 4.79 Å². The summed E-state index contributed by atoms with van der Waals surface area (Å²) in [6.07, 6.45) is 0. The molecule has 0 atom stereocenters. The molecule has 1 aromatic rings. The fraction of sp³-hybridized carbons (Fsp3) is 0.417.